The maximum atomic E-state index is 11.4. The van der Waals surface area contributed by atoms with Crippen molar-refractivity contribution in [3.05, 3.63) is 0 Å². The Labute approximate surface area is 96.7 Å². The summed E-state index contributed by atoms with van der Waals surface area (Å²) in [5.74, 6) is 0.337. The molecule has 0 aromatic rings. The lowest BCUT2D eigenvalue weighted by atomic mass is 9.98. The Bertz CT molecular complexity index is 251. The third kappa shape index (κ3) is 5.14. The van der Waals surface area contributed by atoms with Gasteiger partial charge in [-0.3, -0.25) is 9.59 Å². The Hall–Kier alpha value is -1.06. The average Bonchev–Trinajstić information content (AvgIpc) is 2.39. The summed E-state index contributed by atoms with van der Waals surface area (Å²) in [5.41, 5.74) is 0. The van der Waals surface area contributed by atoms with Gasteiger partial charge in [-0.15, -0.1) is 0 Å². The number of carbonyl (C=O) groups excluding carboxylic acids is 2. The molecule has 1 rings (SSSR count). The van der Waals surface area contributed by atoms with Gasteiger partial charge in [0.25, 0.3) is 0 Å². The van der Waals surface area contributed by atoms with Crippen molar-refractivity contribution in [2.24, 2.45) is 5.92 Å². The molecule has 0 aromatic carbocycles. The lowest BCUT2D eigenvalue weighted by molar-refractivity contribution is -0.143. The fourth-order valence-electron chi connectivity index (χ4n) is 1.86. The topological polar surface area (TPSA) is 55.4 Å². The van der Waals surface area contributed by atoms with Crippen LogP contribution in [0.15, 0.2) is 0 Å². The molecule has 1 aliphatic rings. The van der Waals surface area contributed by atoms with E-state index in [4.69, 9.17) is 4.74 Å². The summed E-state index contributed by atoms with van der Waals surface area (Å²) < 4.78 is 5.06. The molecule has 16 heavy (non-hydrogen) atoms. The number of amides is 1. The molecule has 0 aliphatic carbocycles. The standard InChI is InChI=1S/C12H21NO3/c1-9(2)13-11(14)7-6-10-4-3-5-12(15)16-8-10/h9-10H,3-8H2,1-2H3,(H,13,14). The van der Waals surface area contributed by atoms with Gasteiger partial charge in [0, 0.05) is 18.9 Å². The third-order valence-electron chi connectivity index (χ3n) is 2.70. The number of nitrogens with one attached hydrogen (secondary N) is 1. The molecule has 1 N–H and O–H groups in total. The van der Waals surface area contributed by atoms with Crippen LogP contribution >= 0.6 is 0 Å². The first kappa shape index (κ1) is 13.0. The molecule has 0 bridgehead atoms. The molecule has 1 amide bonds. The van der Waals surface area contributed by atoms with E-state index < -0.39 is 0 Å². The second kappa shape index (κ2) is 6.51. The van der Waals surface area contributed by atoms with Crippen molar-refractivity contribution in [2.75, 3.05) is 6.61 Å². The Kier molecular flexibility index (Phi) is 5.29. The molecule has 0 aromatic heterocycles. The van der Waals surface area contributed by atoms with Gasteiger partial charge >= 0.3 is 5.97 Å². The molecule has 0 spiro atoms. The zero-order valence-corrected chi connectivity index (χ0v) is 10.1. The number of ether oxygens (including phenoxy) is 1. The van der Waals surface area contributed by atoms with E-state index in [1.54, 1.807) is 0 Å². The van der Waals surface area contributed by atoms with E-state index in [0.29, 0.717) is 25.4 Å². The van der Waals surface area contributed by atoms with E-state index in [2.05, 4.69) is 5.32 Å². The molecule has 0 radical (unpaired) electrons. The second-order valence-corrected chi connectivity index (χ2v) is 4.70. The number of carbonyl (C=O) groups is 2. The highest BCUT2D eigenvalue weighted by Gasteiger charge is 2.18. The summed E-state index contributed by atoms with van der Waals surface area (Å²) in [5, 5.41) is 2.86. The molecular formula is C12H21NO3. The summed E-state index contributed by atoms with van der Waals surface area (Å²) in [6, 6.07) is 0.194. The smallest absolute Gasteiger partial charge is 0.305 e. The molecule has 92 valence electrons. The monoisotopic (exact) mass is 227 g/mol. The van der Waals surface area contributed by atoms with E-state index in [1.807, 2.05) is 13.8 Å². The number of hydrogen-bond acceptors (Lipinski definition) is 3. The first-order valence-corrected chi connectivity index (χ1v) is 6.03. The Balaban J connectivity index is 2.21. The lowest BCUT2D eigenvalue weighted by Gasteiger charge is -2.13. The minimum atomic E-state index is -0.103. The number of esters is 1. The molecular weight excluding hydrogens is 206 g/mol. The molecule has 1 unspecified atom stereocenters. The summed E-state index contributed by atoms with van der Waals surface area (Å²) in [6.07, 6.45) is 3.73. The number of rotatable bonds is 4. The molecule has 4 heteroatoms. The van der Waals surface area contributed by atoms with E-state index in [0.717, 1.165) is 19.3 Å². The predicted molar refractivity (Wildman–Crippen MR) is 60.8 cm³/mol. The zero-order valence-electron chi connectivity index (χ0n) is 10.1. The minimum Gasteiger partial charge on any atom is -0.465 e. The van der Waals surface area contributed by atoms with Crippen molar-refractivity contribution in [1.82, 2.24) is 5.32 Å². The van der Waals surface area contributed by atoms with Crippen LogP contribution in [-0.4, -0.2) is 24.5 Å². The van der Waals surface area contributed by atoms with Crippen LogP contribution in [0, 0.1) is 5.92 Å². The van der Waals surface area contributed by atoms with Gasteiger partial charge in [-0.1, -0.05) is 0 Å². The van der Waals surface area contributed by atoms with Crippen LogP contribution in [0.2, 0.25) is 0 Å². The van der Waals surface area contributed by atoms with Crippen molar-refractivity contribution in [3.63, 3.8) is 0 Å². The summed E-state index contributed by atoms with van der Waals surface area (Å²) in [7, 11) is 0. The van der Waals surface area contributed by atoms with E-state index in [-0.39, 0.29) is 17.9 Å². The average molecular weight is 227 g/mol. The number of hydrogen-bond donors (Lipinski definition) is 1. The van der Waals surface area contributed by atoms with Crippen LogP contribution in [0.5, 0.6) is 0 Å². The summed E-state index contributed by atoms with van der Waals surface area (Å²) >= 11 is 0. The van der Waals surface area contributed by atoms with Crippen molar-refractivity contribution in [1.29, 1.82) is 0 Å². The van der Waals surface area contributed by atoms with E-state index >= 15 is 0 Å². The summed E-state index contributed by atoms with van der Waals surface area (Å²) in [4.78, 5) is 22.4. The van der Waals surface area contributed by atoms with Crippen LogP contribution in [0.25, 0.3) is 0 Å². The first-order chi connectivity index (χ1) is 7.58. The fraction of sp³-hybridized carbons (Fsp3) is 0.833. The first-order valence-electron chi connectivity index (χ1n) is 6.03. The van der Waals surface area contributed by atoms with Gasteiger partial charge in [0.05, 0.1) is 6.61 Å². The molecule has 1 heterocycles. The maximum absolute atomic E-state index is 11.4. The Morgan fingerprint density at radius 3 is 3.00 bits per heavy atom. The van der Waals surface area contributed by atoms with Gasteiger partial charge in [-0.2, -0.15) is 0 Å². The maximum Gasteiger partial charge on any atom is 0.305 e. The van der Waals surface area contributed by atoms with Crippen molar-refractivity contribution < 1.29 is 14.3 Å². The van der Waals surface area contributed by atoms with Crippen molar-refractivity contribution in [3.8, 4) is 0 Å². The van der Waals surface area contributed by atoms with E-state index in [9.17, 15) is 9.59 Å². The van der Waals surface area contributed by atoms with Gasteiger partial charge in [-0.25, -0.2) is 0 Å². The van der Waals surface area contributed by atoms with Gasteiger partial charge in [0.15, 0.2) is 0 Å². The molecule has 1 atom stereocenters. The Morgan fingerprint density at radius 1 is 1.56 bits per heavy atom. The van der Waals surface area contributed by atoms with Crippen LogP contribution in [0.1, 0.15) is 46.0 Å². The Morgan fingerprint density at radius 2 is 2.31 bits per heavy atom. The molecule has 1 fully saturated rings. The highest BCUT2D eigenvalue weighted by molar-refractivity contribution is 5.76. The molecule has 4 nitrogen and oxygen atoms in total. The normalized spacial score (nSPS) is 21.4. The van der Waals surface area contributed by atoms with Crippen LogP contribution in [-0.2, 0) is 14.3 Å². The zero-order chi connectivity index (χ0) is 12.0. The van der Waals surface area contributed by atoms with Gasteiger partial charge in [0.1, 0.15) is 0 Å². The van der Waals surface area contributed by atoms with Crippen LogP contribution in [0.3, 0.4) is 0 Å². The minimum absolute atomic E-state index is 0.0885. The van der Waals surface area contributed by atoms with Crippen molar-refractivity contribution in [2.45, 2.75) is 52.0 Å². The third-order valence-corrected chi connectivity index (χ3v) is 2.70. The number of cyclic esters (lactones) is 1. The largest absolute Gasteiger partial charge is 0.465 e. The fourth-order valence-corrected chi connectivity index (χ4v) is 1.86. The summed E-state index contributed by atoms with van der Waals surface area (Å²) in [6.45, 7) is 4.38. The van der Waals surface area contributed by atoms with E-state index in [1.165, 1.54) is 0 Å². The van der Waals surface area contributed by atoms with Gasteiger partial charge in [-0.05, 0) is 39.0 Å². The van der Waals surface area contributed by atoms with Crippen LogP contribution in [0.4, 0.5) is 0 Å². The van der Waals surface area contributed by atoms with Crippen LogP contribution < -0.4 is 5.32 Å². The molecule has 1 saturated heterocycles. The molecule has 1 aliphatic heterocycles. The van der Waals surface area contributed by atoms with Gasteiger partial charge in [0.2, 0.25) is 5.91 Å². The predicted octanol–water partition coefficient (Wildman–Crippen LogP) is 1.63. The highest BCUT2D eigenvalue weighted by Crippen LogP contribution is 2.19. The highest BCUT2D eigenvalue weighted by atomic mass is 16.5. The quantitative estimate of drug-likeness (QED) is 0.743. The lowest BCUT2D eigenvalue weighted by Crippen LogP contribution is -2.30. The van der Waals surface area contributed by atoms with Crippen molar-refractivity contribution >= 4 is 11.9 Å². The molecule has 0 saturated carbocycles. The SMILES string of the molecule is CC(C)NC(=O)CCC1CCCC(=O)OC1. The second-order valence-electron chi connectivity index (χ2n) is 4.70. The van der Waals surface area contributed by atoms with Gasteiger partial charge < -0.3 is 10.1 Å².